The Balaban J connectivity index is 2.56. The number of hydrogen-bond donors (Lipinski definition) is 1. The third kappa shape index (κ3) is 3.00. The van der Waals surface area contributed by atoms with Crippen LogP contribution in [0, 0.1) is 0 Å². The van der Waals surface area contributed by atoms with Crippen molar-refractivity contribution in [3.63, 3.8) is 0 Å². The summed E-state index contributed by atoms with van der Waals surface area (Å²) in [6, 6.07) is 0.451. The topological polar surface area (TPSA) is 52.0 Å². The van der Waals surface area contributed by atoms with E-state index in [2.05, 4.69) is 29.4 Å². The van der Waals surface area contributed by atoms with Gasteiger partial charge in [0.15, 0.2) is 0 Å². The molecule has 0 saturated heterocycles. The average molecular weight is 212 g/mol. The number of nitrogens with zero attached hydrogens (tertiary/aromatic N) is 3. The molecule has 3 unspecified atom stereocenters. The molecule has 1 aromatic heterocycles. The van der Waals surface area contributed by atoms with Crippen molar-refractivity contribution >= 4 is 0 Å². The summed E-state index contributed by atoms with van der Waals surface area (Å²) in [5.74, 6) is 0.935. The fraction of sp³-hybridized carbons (Fsp3) is 0.800. The Labute approximate surface area is 90.8 Å². The largest absolute Gasteiger partial charge is 0.380 e. The van der Waals surface area contributed by atoms with Gasteiger partial charge in [0, 0.05) is 20.2 Å². The molecule has 15 heavy (non-hydrogen) atoms. The molecule has 3 atom stereocenters. The number of ether oxygens (including phenoxy) is 1. The maximum atomic E-state index is 5.26. The lowest BCUT2D eigenvalue weighted by atomic mass is 10.2. The van der Waals surface area contributed by atoms with Gasteiger partial charge in [0.1, 0.15) is 12.2 Å². The minimum atomic E-state index is 0.171. The summed E-state index contributed by atoms with van der Waals surface area (Å²) >= 11 is 0. The molecule has 0 aliphatic carbocycles. The van der Waals surface area contributed by atoms with E-state index in [1.54, 1.807) is 13.4 Å². The second-order valence-electron chi connectivity index (χ2n) is 3.92. The SMILES string of the molecule is COC(C)C(C)NC(C)c1nncn1C. The van der Waals surface area contributed by atoms with Crippen molar-refractivity contribution in [3.05, 3.63) is 12.2 Å². The highest BCUT2D eigenvalue weighted by Crippen LogP contribution is 2.10. The van der Waals surface area contributed by atoms with Crippen molar-refractivity contribution in [1.82, 2.24) is 20.1 Å². The summed E-state index contributed by atoms with van der Waals surface area (Å²) in [5, 5.41) is 11.3. The summed E-state index contributed by atoms with van der Waals surface area (Å²) in [5.41, 5.74) is 0. The number of nitrogens with one attached hydrogen (secondary N) is 1. The molecule has 1 aromatic rings. The van der Waals surface area contributed by atoms with Gasteiger partial charge in [-0.15, -0.1) is 10.2 Å². The average Bonchev–Trinajstić information content (AvgIpc) is 2.63. The molecule has 0 aliphatic rings. The first-order chi connectivity index (χ1) is 7.06. The molecule has 0 aromatic carbocycles. The first kappa shape index (κ1) is 12.1. The summed E-state index contributed by atoms with van der Waals surface area (Å²) in [7, 11) is 3.66. The van der Waals surface area contributed by atoms with Crippen molar-refractivity contribution < 1.29 is 4.74 Å². The Kier molecular flexibility index (Phi) is 4.23. The van der Waals surface area contributed by atoms with Gasteiger partial charge in [-0.05, 0) is 20.8 Å². The zero-order valence-corrected chi connectivity index (χ0v) is 10.1. The molecule has 5 heteroatoms. The highest BCUT2D eigenvalue weighted by Gasteiger charge is 2.17. The number of hydrogen-bond acceptors (Lipinski definition) is 4. The van der Waals surface area contributed by atoms with Crippen molar-refractivity contribution in [2.24, 2.45) is 7.05 Å². The van der Waals surface area contributed by atoms with Gasteiger partial charge in [-0.1, -0.05) is 0 Å². The standard InChI is InChI=1S/C10H20N4O/c1-7(9(3)15-5)12-8(2)10-13-11-6-14(10)4/h6-9,12H,1-5H3. The fourth-order valence-corrected chi connectivity index (χ4v) is 1.49. The predicted molar refractivity (Wildman–Crippen MR) is 58.5 cm³/mol. The lowest BCUT2D eigenvalue weighted by molar-refractivity contribution is 0.0846. The van der Waals surface area contributed by atoms with Gasteiger partial charge in [0.05, 0.1) is 12.1 Å². The maximum Gasteiger partial charge on any atom is 0.149 e. The van der Waals surface area contributed by atoms with E-state index in [0.29, 0.717) is 0 Å². The predicted octanol–water partition coefficient (Wildman–Crippen LogP) is 0.889. The third-order valence-corrected chi connectivity index (χ3v) is 2.72. The van der Waals surface area contributed by atoms with E-state index in [9.17, 15) is 0 Å². The van der Waals surface area contributed by atoms with Crippen molar-refractivity contribution in [1.29, 1.82) is 0 Å². The van der Waals surface area contributed by atoms with Gasteiger partial charge >= 0.3 is 0 Å². The molecule has 1 heterocycles. The summed E-state index contributed by atoms with van der Waals surface area (Å²) in [6.07, 6.45) is 1.89. The quantitative estimate of drug-likeness (QED) is 0.787. The third-order valence-electron chi connectivity index (χ3n) is 2.72. The zero-order chi connectivity index (χ0) is 11.4. The van der Waals surface area contributed by atoms with E-state index in [-0.39, 0.29) is 18.2 Å². The molecule has 0 saturated carbocycles. The molecule has 0 bridgehead atoms. The Bertz CT molecular complexity index is 299. The first-order valence-corrected chi connectivity index (χ1v) is 5.19. The van der Waals surface area contributed by atoms with E-state index in [1.165, 1.54) is 0 Å². The van der Waals surface area contributed by atoms with Crippen LogP contribution in [0.2, 0.25) is 0 Å². The summed E-state index contributed by atoms with van der Waals surface area (Å²) < 4.78 is 7.17. The van der Waals surface area contributed by atoms with Crippen molar-refractivity contribution in [2.45, 2.75) is 39.0 Å². The van der Waals surface area contributed by atoms with E-state index in [1.807, 2.05) is 18.5 Å². The smallest absolute Gasteiger partial charge is 0.149 e. The Morgan fingerprint density at radius 3 is 2.53 bits per heavy atom. The first-order valence-electron chi connectivity index (χ1n) is 5.19. The van der Waals surface area contributed by atoms with Crippen LogP contribution in [0.25, 0.3) is 0 Å². The van der Waals surface area contributed by atoms with Gasteiger partial charge in [0.25, 0.3) is 0 Å². The molecule has 0 amide bonds. The van der Waals surface area contributed by atoms with Gasteiger partial charge < -0.3 is 14.6 Å². The van der Waals surface area contributed by atoms with Crippen LogP contribution in [0.15, 0.2) is 6.33 Å². The second-order valence-corrected chi connectivity index (χ2v) is 3.92. The van der Waals surface area contributed by atoms with Gasteiger partial charge in [0.2, 0.25) is 0 Å². The zero-order valence-electron chi connectivity index (χ0n) is 10.1. The molecule has 0 aliphatic heterocycles. The van der Waals surface area contributed by atoms with Gasteiger partial charge in [-0.25, -0.2) is 0 Å². The highest BCUT2D eigenvalue weighted by molar-refractivity contribution is 4.93. The Morgan fingerprint density at radius 2 is 2.07 bits per heavy atom. The van der Waals surface area contributed by atoms with Crippen LogP contribution < -0.4 is 5.32 Å². The minimum absolute atomic E-state index is 0.171. The molecule has 0 spiro atoms. The molecule has 0 radical (unpaired) electrons. The molecular weight excluding hydrogens is 192 g/mol. The minimum Gasteiger partial charge on any atom is -0.380 e. The van der Waals surface area contributed by atoms with Crippen LogP contribution >= 0.6 is 0 Å². The maximum absolute atomic E-state index is 5.26. The lowest BCUT2D eigenvalue weighted by Gasteiger charge is -2.23. The number of aryl methyl sites for hydroxylation is 1. The van der Waals surface area contributed by atoms with E-state index >= 15 is 0 Å². The van der Waals surface area contributed by atoms with E-state index < -0.39 is 0 Å². The fourth-order valence-electron chi connectivity index (χ4n) is 1.49. The molecule has 5 nitrogen and oxygen atoms in total. The van der Waals surface area contributed by atoms with Gasteiger partial charge in [-0.3, -0.25) is 0 Å². The van der Waals surface area contributed by atoms with Crippen LogP contribution in [-0.2, 0) is 11.8 Å². The van der Waals surface area contributed by atoms with Crippen LogP contribution in [0.3, 0.4) is 0 Å². The Hall–Kier alpha value is -0.940. The van der Waals surface area contributed by atoms with Gasteiger partial charge in [-0.2, -0.15) is 0 Å². The number of methoxy groups -OCH3 is 1. The highest BCUT2D eigenvalue weighted by atomic mass is 16.5. The Morgan fingerprint density at radius 1 is 1.40 bits per heavy atom. The van der Waals surface area contributed by atoms with Crippen LogP contribution in [0.1, 0.15) is 32.6 Å². The van der Waals surface area contributed by atoms with Crippen LogP contribution in [0.4, 0.5) is 0 Å². The van der Waals surface area contributed by atoms with Crippen molar-refractivity contribution in [2.75, 3.05) is 7.11 Å². The second kappa shape index (κ2) is 5.23. The molecule has 1 N–H and O–H groups in total. The number of rotatable bonds is 5. The molecule has 86 valence electrons. The lowest BCUT2D eigenvalue weighted by Crippen LogP contribution is -2.38. The molecule has 1 rings (SSSR count). The van der Waals surface area contributed by atoms with E-state index in [4.69, 9.17) is 4.74 Å². The normalized spacial score (nSPS) is 17.4. The van der Waals surface area contributed by atoms with E-state index in [0.717, 1.165) is 5.82 Å². The summed E-state index contributed by atoms with van der Waals surface area (Å²) in [4.78, 5) is 0. The molecule has 0 fully saturated rings. The summed E-state index contributed by atoms with van der Waals surface area (Å²) in [6.45, 7) is 6.21. The van der Waals surface area contributed by atoms with Crippen LogP contribution in [-0.4, -0.2) is 34.0 Å². The van der Waals surface area contributed by atoms with Crippen LogP contribution in [0.5, 0.6) is 0 Å². The van der Waals surface area contributed by atoms with Crippen molar-refractivity contribution in [3.8, 4) is 0 Å². The monoisotopic (exact) mass is 212 g/mol. The molecular formula is C10H20N4O. The number of aromatic nitrogens is 3.